The number of carbonyl (C=O) groups excluding carboxylic acids is 2. The second-order valence-electron chi connectivity index (χ2n) is 4.40. The molecule has 0 radical (unpaired) electrons. The molecule has 0 unspecified atom stereocenters. The highest BCUT2D eigenvalue weighted by Crippen LogP contribution is 2.11. The summed E-state index contributed by atoms with van der Waals surface area (Å²) in [7, 11) is 1.27. The van der Waals surface area contributed by atoms with Gasteiger partial charge in [-0.05, 0) is 6.07 Å². The minimum atomic E-state index is -0.433. The van der Waals surface area contributed by atoms with Crippen LogP contribution in [0.5, 0.6) is 0 Å². The average Bonchev–Trinajstić information content (AvgIpc) is 2.52. The zero-order valence-electron chi connectivity index (χ0n) is 11.5. The molecule has 0 aliphatic carbocycles. The van der Waals surface area contributed by atoms with Gasteiger partial charge in [0.1, 0.15) is 0 Å². The molecule has 1 heterocycles. The van der Waals surface area contributed by atoms with Gasteiger partial charge < -0.3 is 10.1 Å². The highest BCUT2D eigenvalue weighted by atomic mass is 16.5. The van der Waals surface area contributed by atoms with Crippen molar-refractivity contribution in [2.75, 3.05) is 7.11 Å². The number of fused-ring (bicyclic) bond motifs is 1. The maximum absolute atomic E-state index is 11.6. The molecule has 0 aliphatic rings. The molecule has 0 spiro atoms. The molecule has 0 saturated carbocycles. The summed E-state index contributed by atoms with van der Waals surface area (Å²) < 4.78 is 4.46. The van der Waals surface area contributed by atoms with Crippen molar-refractivity contribution in [2.45, 2.75) is 19.4 Å². The zero-order chi connectivity index (χ0) is 15.2. The van der Waals surface area contributed by atoms with Gasteiger partial charge in [-0.25, -0.2) is 5.10 Å². The molecular formula is C14H15N3O4. The summed E-state index contributed by atoms with van der Waals surface area (Å²) in [5, 5.41) is 10.2. The van der Waals surface area contributed by atoms with Crippen LogP contribution in [0, 0.1) is 0 Å². The largest absolute Gasteiger partial charge is 0.469 e. The van der Waals surface area contributed by atoms with Crippen LogP contribution in [0.2, 0.25) is 0 Å². The number of nitrogens with zero attached hydrogens (tertiary/aromatic N) is 1. The fourth-order valence-corrected chi connectivity index (χ4v) is 1.89. The van der Waals surface area contributed by atoms with Gasteiger partial charge in [-0.3, -0.25) is 14.4 Å². The van der Waals surface area contributed by atoms with Crippen LogP contribution in [0.4, 0.5) is 0 Å². The average molecular weight is 289 g/mol. The third kappa shape index (κ3) is 3.65. The number of hydrogen-bond acceptors (Lipinski definition) is 5. The first-order chi connectivity index (χ1) is 10.1. The van der Waals surface area contributed by atoms with E-state index in [-0.39, 0.29) is 30.9 Å². The Bertz CT molecular complexity index is 723. The molecule has 7 heteroatoms. The molecule has 2 aromatic rings. The molecule has 0 atom stereocenters. The van der Waals surface area contributed by atoms with Crippen molar-refractivity contribution >= 4 is 22.6 Å². The van der Waals surface area contributed by atoms with E-state index in [0.717, 1.165) is 0 Å². The summed E-state index contributed by atoms with van der Waals surface area (Å²) >= 11 is 0. The van der Waals surface area contributed by atoms with Crippen LogP contribution in [-0.2, 0) is 20.9 Å². The Morgan fingerprint density at radius 3 is 2.67 bits per heavy atom. The van der Waals surface area contributed by atoms with E-state index < -0.39 is 5.97 Å². The summed E-state index contributed by atoms with van der Waals surface area (Å²) in [6.07, 6.45) is 0.0795. The number of aromatic amines is 1. The van der Waals surface area contributed by atoms with Crippen molar-refractivity contribution in [3.63, 3.8) is 0 Å². The lowest BCUT2D eigenvalue weighted by atomic mass is 10.1. The topological polar surface area (TPSA) is 101 Å². The summed E-state index contributed by atoms with van der Waals surface area (Å²) in [6, 6.07) is 7.02. The fourth-order valence-electron chi connectivity index (χ4n) is 1.89. The van der Waals surface area contributed by atoms with Crippen LogP contribution in [0.15, 0.2) is 29.1 Å². The number of nitrogens with one attached hydrogen (secondary N) is 2. The van der Waals surface area contributed by atoms with Gasteiger partial charge in [0.25, 0.3) is 5.56 Å². The second kappa shape index (κ2) is 6.65. The number of carbonyl (C=O) groups is 2. The van der Waals surface area contributed by atoms with Crippen LogP contribution >= 0.6 is 0 Å². The van der Waals surface area contributed by atoms with E-state index in [2.05, 4.69) is 20.3 Å². The molecule has 0 fully saturated rings. The molecular weight excluding hydrogens is 274 g/mol. The molecule has 21 heavy (non-hydrogen) atoms. The Kier molecular flexibility index (Phi) is 4.65. The van der Waals surface area contributed by atoms with Crippen LogP contribution in [0.25, 0.3) is 10.8 Å². The van der Waals surface area contributed by atoms with Crippen LogP contribution in [-0.4, -0.2) is 29.2 Å². The van der Waals surface area contributed by atoms with E-state index >= 15 is 0 Å². The molecule has 1 aromatic carbocycles. The first kappa shape index (κ1) is 14.7. The molecule has 2 N–H and O–H groups in total. The number of methoxy groups -OCH3 is 1. The number of H-pyrrole nitrogens is 1. The highest BCUT2D eigenvalue weighted by Gasteiger charge is 2.09. The SMILES string of the molecule is COC(=O)CCC(=O)NCc1n[nH]c(=O)c2ccccc12. The summed E-state index contributed by atoms with van der Waals surface area (Å²) in [5.74, 6) is -0.713. The molecule has 0 saturated heterocycles. The van der Waals surface area contributed by atoms with Gasteiger partial charge in [0.05, 0.1) is 31.2 Å². The van der Waals surface area contributed by atoms with Gasteiger partial charge >= 0.3 is 5.97 Å². The minimum Gasteiger partial charge on any atom is -0.469 e. The van der Waals surface area contributed by atoms with Gasteiger partial charge in [-0.15, -0.1) is 0 Å². The van der Waals surface area contributed by atoms with Gasteiger partial charge in [-0.2, -0.15) is 5.10 Å². The van der Waals surface area contributed by atoms with Gasteiger partial charge in [0.2, 0.25) is 5.91 Å². The normalized spacial score (nSPS) is 10.3. The van der Waals surface area contributed by atoms with Crippen molar-refractivity contribution < 1.29 is 14.3 Å². The Morgan fingerprint density at radius 1 is 1.24 bits per heavy atom. The Hall–Kier alpha value is -2.70. The van der Waals surface area contributed by atoms with Gasteiger partial charge in [-0.1, -0.05) is 18.2 Å². The number of rotatable bonds is 5. The fraction of sp³-hybridized carbons (Fsp3) is 0.286. The van der Waals surface area contributed by atoms with E-state index in [1.807, 2.05) is 0 Å². The van der Waals surface area contributed by atoms with Crippen molar-refractivity contribution in [3.8, 4) is 0 Å². The van der Waals surface area contributed by atoms with Crippen LogP contribution in [0.1, 0.15) is 18.5 Å². The summed E-state index contributed by atoms with van der Waals surface area (Å²) in [4.78, 5) is 34.2. The predicted octanol–water partition coefficient (Wildman–Crippen LogP) is 0.492. The molecule has 0 aliphatic heterocycles. The Morgan fingerprint density at radius 2 is 1.95 bits per heavy atom. The van der Waals surface area contributed by atoms with Crippen molar-refractivity contribution in [1.82, 2.24) is 15.5 Å². The van der Waals surface area contributed by atoms with Gasteiger partial charge in [0, 0.05) is 11.8 Å². The number of aromatic nitrogens is 2. The number of benzene rings is 1. The van der Waals surface area contributed by atoms with E-state index in [0.29, 0.717) is 16.5 Å². The molecule has 1 amide bonds. The summed E-state index contributed by atoms with van der Waals surface area (Å²) in [5.41, 5.74) is 0.294. The maximum Gasteiger partial charge on any atom is 0.306 e. The van der Waals surface area contributed by atoms with Gasteiger partial charge in [0.15, 0.2) is 0 Å². The van der Waals surface area contributed by atoms with E-state index in [4.69, 9.17) is 0 Å². The summed E-state index contributed by atoms with van der Waals surface area (Å²) in [6.45, 7) is 0.178. The van der Waals surface area contributed by atoms with Crippen molar-refractivity contribution in [2.24, 2.45) is 0 Å². The Labute approximate surface area is 120 Å². The smallest absolute Gasteiger partial charge is 0.306 e. The lowest BCUT2D eigenvalue weighted by Gasteiger charge is -2.06. The first-order valence-electron chi connectivity index (χ1n) is 6.41. The minimum absolute atomic E-state index is 0.0299. The highest BCUT2D eigenvalue weighted by molar-refractivity contribution is 5.84. The first-order valence-corrected chi connectivity index (χ1v) is 6.41. The number of ether oxygens (including phenoxy) is 1. The molecule has 0 bridgehead atoms. The molecule has 110 valence electrons. The maximum atomic E-state index is 11.6. The molecule has 1 aromatic heterocycles. The monoisotopic (exact) mass is 289 g/mol. The number of hydrogen-bond donors (Lipinski definition) is 2. The van der Waals surface area contributed by atoms with E-state index in [9.17, 15) is 14.4 Å². The lowest BCUT2D eigenvalue weighted by molar-refractivity contribution is -0.142. The zero-order valence-corrected chi connectivity index (χ0v) is 11.5. The third-order valence-electron chi connectivity index (χ3n) is 3.01. The Balaban J connectivity index is 2.04. The standard InChI is InChI=1S/C14H15N3O4/c1-21-13(19)7-6-12(18)15-8-11-9-4-2-3-5-10(9)14(20)17-16-11/h2-5H,6-8H2,1H3,(H,15,18)(H,17,20). The third-order valence-corrected chi connectivity index (χ3v) is 3.01. The van der Waals surface area contributed by atoms with Crippen molar-refractivity contribution in [1.29, 1.82) is 0 Å². The van der Waals surface area contributed by atoms with E-state index in [1.54, 1.807) is 24.3 Å². The van der Waals surface area contributed by atoms with Crippen molar-refractivity contribution in [3.05, 3.63) is 40.3 Å². The molecule has 2 rings (SSSR count). The van der Waals surface area contributed by atoms with Crippen LogP contribution < -0.4 is 10.9 Å². The molecule has 7 nitrogen and oxygen atoms in total. The predicted molar refractivity (Wildman–Crippen MR) is 75.5 cm³/mol. The lowest BCUT2D eigenvalue weighted by Crippen LogP contribution is -2.25. The van der Waals surface area contributed by atoms with E-state index in [1.165, 1.54) is 7.11 Å². The number of amides is 1. The van der Waals surface area contributed by atoms with Crippen LogP contribution in [0.3, 0.4) is 0 Å². The number of esters is 1. The quantitative estimate of drug-likeness (QED) is 0.780. The second-order valence-corrected chi connectivity index (χ2v) is 4.40.